The Bertz CT molecular complexity index is 566. The van der Waals surface area contributed by atoms with E-state index in [4.69, 9.17) is 14.5 Å². The average Bonchev–Trinajstić information content (AvgIpc) is 2.96. The van der Waals surface area contributed by atoms with Crippen LogP contribution < -0.4 is 5.32 Å². The second-order valence-corrected chi connectivity index (χ2v) is 5.45. The molecule has 1 aliphatic heterocycles. The molecule has 1 saturated heterocycles. The SMILES string of the molecule is O=C(O)CO/N=C(\C(=O)NC1COCCOB1O)c1cccs1. The predicted molar refractivity (Wildman–Crippen MR) is 81.1 cm³/mol. The molecule has 0 aliphatic carbocycles. The maximum atomic E-state index is 12.4. The maximum Gasteiger partial charge on any atom is 0.480 e. The zero-order valence-corrected chi connectivity index (χ0v) is 12.8. The quantitative estimate of drug-likeness (QED) is 0.347. The molecule has 1 aromatic rings. The van der Waals surface area contributed by atoms with Crippen LogP contribution in [0.4, 0.5) is 0 Å². The van der Waals surface area contributed by atoms with Gasteiger partial charge in [0.2, 0.25) is 6.61 Å². The number of oxime groups is 1. The van der Waals surface area contributed by atoms with Gasteiger partial charge >= 0.3 is 13.1 Å². The fourth-order valence-corrected chi connectivity index (χ4v) is 2.45. The molecule has 0 bridgehead atoms. The van der Waals surface area contributed by atoms with Gasteiger partial charge in [-0.2, -0.15) is 0 Å². The molecule has 0 aromatic carbocycles. The Kier molecular flexibility index (Phi) is 6.53. The van der Waals surface area contributed by atoms with Crippen LogP contribution in [0.15, 0.2) is 22.7 Å². The van der Waals surface area contributed by atoms with Gasteiger partial charge in [0, 0.05) is 0 Å². The van der Waals surface area contributed by atoms with Gasteiger partial charge in [-0.3, -0.25) is 4.79 Å². The van der Waals surface area contributed by atoms with Crippen molar-refractivity contribution < 1.29 is 33.9 Å². The molecule has 3 N–H and O–H groups in total. The summed E-state index contributed by atoms with van der Waals surface area (Å²) in [5, 5.41) is 26.2. The highest BCUT2D eigenvalue weighted by atomic mass is 32.1. The van der Waals surface area contributed by atoms with Crippen molar-refractivity contribution in [3.63, 3.8) is 0 Å². The van der Waals surface area contributed by atoms with E-state index in [2.05, 4.69) is 15.3 Å². The molecular weight excluding hydrogens is 327 g/mol. The third-order valence-electron chi connectivity index (χ3n) is 2.79. The van der Waals surface area contributed by atoms with Gasteiger partial charge in [0.15, 0.2) is 5.71 Å². The molecule has 1 fully saturated rings. The van der Waals surface area contributed by atoms with Crippen LogP contribution in [-0.4, -0.2) is 67.2 Å². The Hall–Kier alpha value is -1.95. The monoisotopic (exact) mass is 342 g/mol. The number of amides is 1. The Labute approximate surface area is 136 Å². The number of aliphatic carboxylic acids is 1. The molecule has 0 radical (unpaired) electrons. The van der Waals surface area contributed by atoms with E-state index in [9.17, 15) is 14.6 Å². The van der Waals surface area contributed by atoms with Crippen molar-refractivity contribution in [1.82, 2.24) is 5.32 Å². The number of ether oxygens (including phenoxy) is 1. The number of carboxylic acid groups (broad SMARTS) is 1. The second kappa shape index (κ2) is 8.63. The Morgan fingerprint density at radius 1 is 1.52 bits per heavy atom. The fraction of sp³-hybridized carbons (Fsp3) is 0.417. The van der Waals surface area contributed by atoms with Crippen molar-refractivity contribution in [2.75, 3.05) is 26.4 Å². The lowest BCUT2D eigenvalue weighted by Gasteiger charge is -2.17. The smallest absolute Gasteiger partial charge is 0.479 e. The molecule has 23 heavy (non-hydrogen) atoms. The Balaban J connectivity index is 2.08. The van der Waals surface area contributed by atoms with Gasteiger partial charge in [0.05, 0.1) is 30.6 Å². The molecule has 124 valence electrons. The highest BCUT2D eigenvalue weighted by Gasteiger charge is 2.32. The predicted octanol–water partition coefficient (Wildman–Crippen LogP) is -0.895. The van der Waals surface area contributed by atoms with Gasteiger partial charge in [-0.1, -0.05) is 11.2 Å². The van der Waals surface area contributed by atoms with Crippen molar-refractivity contribution in [3.05, 3.63) is 22.4 Å². The number of nitrogens with zero attached hydrogens (tertiary/aromatic N) is 1. The number of thiophene rings is 1. The first-order valence-electron chi connectivity index (χ1n) is 6.72. The summed E-state index contributed by atoms with van der Waals surface area (Å²) in [5.41, 5.74) is -0.0855. The molecule has 1 unspecified atom stereocenters. The molecule has 1 amide bonds. The first kappa shape index (κ1) is 17.4. The zero-order valence-electron chi connectivity index (χ0n) is 12.0. The van der Waals surface area contributed by atoms with Crippen LogP contribution >= 0.6 is 11.3 Å². The minimum atomic E-state index is -1.21. The molecule has 2 heterocycles. The number of carbonyl (C=O) groups excluding carboxylic acids is 1. The van der Waals surface area contributed by atoms with E-state index in [-0.39, 0.29) is 18.9 Å². The van der Waals surface area contributed by atoms with Crippen LogP contribution in [0.25, 0.3) is 0 Å². The summed E-state index contributed by atoms with van der Waals surface area (Å²) in [7, 11) is -1.20. The van der Waals surface area contributed by atoms with Gasteiger partial charge in [0.1, 0.15) is 0 Å². The van der Waals surface area contributed by atoms with Crippen LogP contribution in [-0.2, 0) is 23.8 Å². The van der Waals surface area contributed by atoms with E-state index in [0.717, 1.165) is 0 Å². The summed E-state index contributed by atoms with van der Waals surface area (Å²) >= 11 is 1.24. The third kappa shape index (κ3) is 5.32. The number of carbonyl (C=O) groups is 2. The molecule has 2 rings (SSSR count). The normalized spacial score (nSPS) is 19.1. The summed E-state index contributed by atoms with van der Waals surface area (Å²) in [6.45, 7) is -0.0425. The van der Waals surface area contributed by atoms with Crippen molar-refractivity contribution in [2.24, 2.45) is 5.16 Å². The number of hydrogen-bond acceptors (Lipinski definition) is 8. The summed E-state index contributed by atoms with van der Waals surface area (Å²) in [6, 6.07) is 3.36. The van der Waals surface area contributed by atoms with Crippen molar-refractivity contribution in [2.45, 2.75) is 5.94 Å². The first-order valence-corrected chi connectivity index (χ1v) is 7.60. The topological polar surface area (TPSA) is 127 Å². The van der Waals surface area contributed by atoms with Crippen LogP contribution in [0, 0.1) is 0 Å². The molecule has 11 heteroatoms. The molecule has 1 aromatic heterocycles. The molecule has 9 nitrogen and oxygen atoms in total. The van der Waals surface area contributed by atoms with Gasteiger partial charge < -0.3 is 29.7 Å². The van der Waals surface area contributed by atoms with E-state index < -0.39 is 31.5 Å². The van der Waals surface area contributed by atoms with Crippen LogP contribution in [0.3, 0.4) is 0 Å². The van der Waals surface area contributed by atoms with Crippen LogP contribution in [0.2, 0.25) is 0 Å². The summed E-state index contributed by atoms with van der Waals surface area (Å²) in [4.78, 5) is 28.0. The number of carboxylic acids is 1. The van der Waals surface area contributed by atoms with Crippen molar-refractivity contribution in [1.29, 1.82) is 0 Å². The lowest BCUT2D eigenvalue weighted by molar-refractivity contribution is -0.142. The highest BCUT2D eigenvalue weighted by Crippen LogP contribution is 2.11. The summed E-state index contributed by atoms with van der Waals surface area (Å²) in [6.07, 6.45) is 0. The lowest BCUT2D eigenvalue weighted by atomic mass is 9.79. The van der Waals surface area contributed by atoms with Crippen LogP contribution in [0.1, 0.15) is 4.88 Å². The van der Waals surface area contributed by atoms with Crippen LogP contribution in [0.5, 0.6) is 0 Å². The fourth-order valence-electron chi connectivity index (χ4n) is 1.75. The van der Waals surface area contributed by atoms with Gasteiger partial charge in [0.25, 0.3) is 5.91 Å². The highest BCUT2D eigenvalue weighted by molar-refractivity contribution is 7.13. The second-order valence-electron chi connectivity index (χ2n) is 4.50. The zero-order chi connectivity index (χ0) is 16.7. The first-order chi connectivity index (χ1) is 11.1. The maximum absolute atomic E-state index is 12.4. The Morgan fingerprint density at radius 2 is 2.35 bits per heavy atom. The number of nitrogens with one attached hydrogen (secondary N) is 1. The largest absolute Gasteiger partial charge is 0.480 e. The average molecular weight is 342 g/mol. The molecule has 0 spiro atoms. The summed E-state index contributed by atoms with van der Waals surface area (Å²) < 4.78 is 10.3. The van der Waals surface area contributed by atoms with Crippen molar-refractivity contribution >= 4 is 36.0 Å². The van der Waals surface area contributed by atoms with E-state index >= 15 is 0 Å². The van der Waals surface area contributed by atoms with Gasteiger partial charge in [-0.05, 0) is 11.4 Å². The van der Waals surface area contributed by atoms with Gasteiger partial charge in [-0.15, -0.1) is 11.3 Å². The third-order valence-corrected chi connectivity index (χ3v) is 3.66. The van der Waals surface area contributed by atoms with E-state index in [0.29, 0.717) is 11.5 Å². The molecule has 1 aliphatic rings. The minimum Gasteiger partial charge on any atom is -0.479 e. The molecular formula is C12H15BN2O7S. The molecule has 0 saturated carbocycles. The summed E-state index contributed by atoms with van der Waals surface area (Å²) in [5.74, 6) is -2.61. The van der Waals surface area contributed by atoms with Crippen molar-refractivity contribution in [3.8, 4) is 0 Å². The number of rotatable bonds is 6. The van der Waals surface area contributed by atoms with E-state index in [1.165, 1.54) is 11.3 Å². The van der Waals surface area contributed by atoms with E-state index in [1.54, 1.807) is 17.5 Å². The standard InChI is InChI=1S/C12H15BN2O7S/c16-10(17)7-22-15-11(8-2-1-5-23-8)12(18)14-9-6-20-3-4-21-13(9)19/h1-2,5,9,19H,3-4,6-7H2,(H,14,18)(H,16,17)/b15-11-. The minimum absolute atomic E-state index is 0.0839. The molecule has 1 atom stereocenters. The Morgan fingerprint density at radius 3 is 3.04 bits per heavy atom. The van der Waals surface area contributed by atoms with E-state index in [1.807, 2.05) is 0 Å². The number of hydrogen-bond donors (Lipinski definition) is 3. The van der Waals surface area contributed by atoms with Gasteiger partial charge in [-0.25, -0.2) is 4.79 Å². The lowest BCUT2D eigenvalue weighted by Crippen LogP contribution is -2.51.